The Hall–Kier alpha value is -0.661. The fourth-order valence-electron chi connectivity index (χ4n) is 9.32. The van der Waals surface area contributed by atoms with Gasteiger partial charge in [0.1, 0.15) is 0 Å². The van der Waals surface area contributed by atoms with Crippen LogP contribution in [0.2, 0.25) is 5.82 Å². The average Bonchev–Trinajstić information content (AvgIpc) is 2.89. The Kier molecular flexibility index (Phi) is 13.5. The van der Waals surface area contributed by atoms with Gasteiger partial charge >= 0.3 is 0 Å². The summed E-state index contributed by atoms with van der Waals surface area (Å²) in [7, 11) is 26.4. The molecule has 0 amide bonds. The summed E-state index contributed by atoms with van der Waals surface area (Å²) in [6, 6.07) is 15.4. The first kappa shape index (κ1) is 34.8. The SMILES string of the molecule is BBB(B)B(B(B(B)B)B(B)B)B(B(B(B)B)B(B)B)C1CCC(c2ccc(Cc3cc(N)cc(N)c3)cc2)CC1. The molecule has 4 N–H and O–H groups in total. The number of hydrogen-bond acceptors (Lipinski definition) is 2. The van der Waals surface area contributed by atoms with Crippen LogP contribution >= 0.6 is 0 Å². The number of anilines is 2. The van der Waals surface area contributed by atoms with Crippen LogP contribution in [0.15, 0.2) is 42.5 Å². The summed E-state index contributed by atoms with van der Waals surface area (Å²) in [5.41, 5.74) is 17.6. The van der Waals surface area contributed by atoms with Gasteiger partial charge in [0.15, 0.2) is 0 Å². The molecule has 0 heterocycles. The first-order valence-corrected chi connectivity index (χ1v) is 17.1. The maximum absolute atomic E-state index is 6.03. The number of nitrogens with two attached hydrogens (primary N) is 2. The molecule has 0 aromatic heterocycles. The van der Waals surface area contributed by atoms with Gasteiger partial charge in [-0.25, -0.2) is 0 Å². The van der Waals surface area contributed by atoms with E-state index in [4.69, 9.17) is 11.5 Å². The molecule has 41 heavy (non-hydrogen) atoms. The summed E-state index contributed by atoms with van der Waals surface area (Å²) in [4.78, 5) is 0. The van der Waals surface area contributed by atoms with E-state index in [1.165, 1.54) is 49.4 Å². The van der Waals surface area contributed by atoms with Gasteiger partial charge in [-0.2, -0.15) is 0 Å². The second-order valence-electron chi connectivity index (χ2n) is 15.2. The van der Waals surface area contributed by atoms with E-state index >= 15 is 0 Å². The highest BCUT2D eigenvalue weighted by molar-refractivity contribution is 8.15. The third-order valence-corrected chi connectivity index (χ3v) is 10.9. The van der Waals surface area contributed by atoms with Crippen LogP contribution in [0.5, 0.6) is 0 Å². The Labute approximate surface area is 266 Å². The molecule has 0 saturated heterocycles. The smallest absolute Gasteiger partial charge is 0.0594 e. The van der Waals surface area contributed by atoms with Crippen LogP contribution in [-0.2, 0) is 6.42 Å². The second kappa shape index (κ2) is 15.9. The lowest BCUT2D eigenvalue weighted by Gasteiger charge is -2.47. The molecule has 190 valence electrons. The minimum Gasteiger partial charge on any atom is -0.399 e. The zero-order valence-electron chi connectivity index (χ0n) is 28.3. The van der Waals surface area contributed by atoms with Crippen LogP contribution in [0, 0.1) is 0 Å². The van der Waals surface area contributed by atoms with E-state index in [-0.39, 0.29) is 0 Å². The number of benzene rings is 2. The lowest BCUT2D eigenvalue weighted by Crippen LogP contribution is -2.80. The maximum Gasteiger partial charge on any atom is 0.0594 e. The van der Waals surface area contributed by atoms with E-state index in [9.17, 15) is 0 Å². The van der Waals surface area contributed by atoms with Gasteiger partial charge in [-0.1, -0.05) is 42.9 Å². The Balaban J connectivity index is 1.82. The second-order valence-corrected chi connectivity index (χ2v) is 15.2. The van der Waals surface area contributed by atoms with Gasteiger partial charge in [0, 0.05) is 76.0 Å². The Bertz CT molecular complexity index is 1040. The van der Waals surface area contributed by atoms with Crippen molar-refractivity contribution in [2.75, 3.05) is 11.5 Å². The lowest BCUT2D eigenvalue weighted by atomic mass is 8.41. The van der Waals surface area contributed by atoms with Gasteiger partial charge in [-0.05, 0) is 60.1 Å². The van der Waals surface area contributed by atoms with Crippen molar-refractivity contribution in [3.8, 4) is 0 Å². The largest absolute Gasteiger partial charge is 0.399 e. The van der Waals surface area contributed by atoms with Gasteiger partial charge in [0.2, 0.25) is 0 Å². The van der Waals surface area contributed by atoms with Crippen molar-refractivity contribution in [2.24, 2.45) is 0 Å². The molecule has 0 unspecified atom stereocenters. The molecule has 22 heteroatoms. The van der Waals surface area contributed by atoms with E-state index in [0.717, 1.165) is 81.2 Å². The van der Waals surface area contributed by atoms with Crippen LogP contribution in [-0.4, -0.2) is 142 Å². The van der Waals surface area contributed by atoms with Crippen LogP contribution in [0.1, 0.15) is 48.3 Å². The van der Waals surface area contributed by atoms with E-state index in [1.807, 2.05) is 18.2 Å². The number of nitrogen functional groups attached to an aromatic ring is 2. The molecular weight excluding hydrogens is 472 g/mol. The van der Waals surface area contributed by atoms with Gasteiger partial charge in [-0.3, -0.25) is 0 Å². The van der Waals surface area contributed by atoms with Crippen LogP contribution in [0.25, 0.3) is 0 Å². The first-order valence-electron chi connectivity index (χ1n) is 17.1. The third-order valence-electron chi connectivity index (χ3n) is 10.9. The van der Waals surface area contributed by atoms with Crippen LogP contribution in [0.3, 0.4) is 0 Å². The maximum atomic E-state index is 6.03. The fraction of sp³-hybridized carbons (Fsp3) is 0.368. The van der Waals surface area contributed by atoms with Crippen molar-refractivity contribution in [2.45, 2.75) is 43.8 Å². The minimum absolute atomic E-state index is 0.688. The molecule has 2 aromatic carbocycles. The highest BCUT2D eigenvalue weighted by atomic mass is 14.6. The molecule has 0 atom stereocenters. The summed E-state index contributed by atoms with van der Waals surface area (Å²) in [6.45, 7) is 0.814. The molecule has 1 aliphatic rings. The van der Waals surface area contributed by atoms with Crippen molar-refractivity contribution in [1.29, 1.82) is 0 Å². The van der Waals surface area contributed by atoms with E-state index in [1.54, 1.807) is 0 Å². The predicted octanol–water partition coefficient (Wildman–Crippen LogP) is -8.80. The van der Waals surface area contributed by atoms with Gasteiger partial charge < -0.3 is 11.5 Å². The lowest BCUT2D eigenvalue weighted by molar-refractivity contribution is 0.442. The van der Waals surface area contributed by atoms with E-state index < -0.39 is 0 Å². The van der Waals surface area contributed by atoms with E-state index in [0.29, 0.717) is 5.92 Å². The Morgan fingerprint density at radius 3 is 1.56 bits per heavy atom. The summed E-state index contributed by atoms with van der Waals surface area (Å²) < 4.78 is 0. The van der Waals surface area contributed by atoms with Crippen molar-refractivity contribution in [1.82, 2.24) is 0 Å². The molecule has 1 saturated carbocycles. The minimum atomic E-state index is 0.688. The monoisotopic (exact) mass is 521 g/mol. The highest BCUT2D eigenvalue weighted by Gasteiger charge is 2.50. The molecular formula is C19H44B20N2. The van der Waals surface area contributed by atoms with Crippen LogP contribution in [0.4, 0.5) is 11.4 Å². The summed E-state index contributed by atoms with van der Waals surface area (Å²) >= 11 is 0. The number of rotatable bonds is 13. The summed E-state index contributed by atoms with van der Waals surface area (Å²) in [6.07, 6.45) is 12.4. The van der Waals surface area contributed by atoms with Crippen molar-refractivity contribution < 1.29 is 0 Å². The number of hydrogen-bond donors (Lipinski definition) is 2. The topological polar surface area (TPSA) is 52.0 Å². The molecule has 1 aliphatic carbocycles. The molecule has 0 bridgehead atoms. The average molecular weight is 517 g/mol. The Morgan fingerprint density at radius 2 is 1.12 bits per heavy atom. The van der Waals surface area contributed by atoms with Gasteiger partial charge in [-0.15, -0.1) is 0 Å². The van der Waals surface area contributed by atoms with Crippen LogP contribution < -0.4 is 11.5 Å². The molecule has 0 aliphatic heterocycles. The molecule has 0 spiro atoms. The normalized spacial score (nSPS) is 16.2. The molecule has 0 radical (unpaired) electrons. The quantitative estimate of drug-likeness (QED) is 0.205. The predicted molar refractivity (Wildman–Crippen MR) is 234 cm³/mol. The molecule has 1 fully saturated rings. The standard InChI is InChI=1S/C19H44B20N2/c20-30-36(29)38(39(34(25)26)35(27)28)31(37(32(21)22)33(23)24)17-7-5-16(6-8-17)15-3-1-13(2-4-15)9-14-10-18(40)12-19(41)11-14/h1-4,10-12,16-17,30H,5-9,20-29,40-41H2. The van der Waals surface area contributed by atoms with Crippen molar-refractivity contribution in [3.05, 3.63) is 59.2 Å². The van der Waals surface area contributed by atoms with Gasteiger partial charge in [0.25, 0.3) is 0 Å². The van der Waals surface area contributed by atoms with E-state index in [2.05, 4.69) is 102 Å². The van der Waals surface area contributed by atoms with Crippen molar-refractivity contribution in [3.63, 3.8) is 0 Å². The van der Waals surface area contributed by atoms with Crippen molar-refractivity contribution >= 4 is 153 Å². The zero-order chi connectivity index (χ0) is 30.4. The Morgan fingerprint density at radius 1 is 0.634 bits per heavy atom. The summed E-state index contributed by atoms with van der Waals surface area (Å²) in [5, 5.41) is 0. The zero-order valence-corrected chi connectivity index (χ0v) is 28.3. The molecule has 3 rings (SSSR count). The molecule has 2 nitrogen and oxygen atoms in total. The highest BCUT2D eigenvalue weighted by Crippen LogP contribution is 2.41. The first-order chi connectivity index (χ1) is 19.3. The summed E-state index contributed by atoms with van der Waals surface area (Å²) in [5.74, 6) is 1.53. The molecule has 2 aromatic rings. The third kappa shape index (κ3) is 9.17. The fourth-order valence-corrected chi connectivity index (χ4v) is 9.32. The van der Waals surface area contributed by atoms with Gasteiger partial charge in [0.05, 0.1) is 77.4 Å².